The molecule has 82 valence electrons. The van der Waals surface area contributed by atoms with Crippen LogP contribution in [0.2, 0.25) is 0 Å². The molecule has 1 fully saturated rings. The molecule has 1 aromatic rings. The molecule has 2 unspecified atom stereocenters. The van der Waals surface area contributed by atoms with E-state index in [0.29, 0.717) is 6.04 Å². The van der Waals surface area contributed by atoms with Gasteiger partial charge in [0.1, 0.15) is 0 Å². The summed E-state index contributed by atoms with van der Waals surface area (Å²) in [4.78, 5) is 4.34. The molecule has 2 atom stereocenters. The van der Waals surface area contributed by atoms with Gasteiger partial charge in [-0.15, -0.1) is 0 Å². The second-order valence-corrected chi connectivity index (χ2v) is 4.69. The molecule has 1 aromatic heterocycles. The number of nitrogens with one attached hydrogen (secondary N) is 1. The molecule has 15 heavy (non-hydrogen) atoms. The summed E-state index contributed by atoms with van der Waals surface area (Å²) in [6.45, 7) is 5.57. The van der Waals surface area contributed by atoms with Crippen molar-refractivity contribution in [2.24, 2.45) is 5.92 Å². The van der Waals surface area contributed by atoms with Gasteiger partial charge in [-0.2, -0.15) is 0 Å². The Bertz CT molecular complexity index is 299. The molecule has 1 aliphatic rings. The van der Waals surface area contributed by atoms with E-state index < -0.39 is 0 Å². The monoisotopic (exact) mass is 204 g/mol. The lowest BCUT2D eigenvalue weighted by Crippen LogP contribution is -2.29. The molecule has 0 spiro atoms. The Morgan fingerprint density at radius 3 is 3.00 bits per heavy atom. The Morgan fingerprint density at radius 1 is 1.53 bits per heavy atom. The van der Waals surface area contributed by atoms with Crippen LogP contribution in [0, 0.1) is 12.8 Å². The summed E-state index contributed by atoms with van der Waals surface area (Å²) in [5.74, 6) is 0.719. The molecule has 0 aromatic carbocycles. The quantitative estimate of drug-likeness (QED) is 0.817. The highest BCUT2D eigenvalue weighted by Crippen LogP contribution is 2.18. The molecule has 1 N–H and O–H groups in total. The number of pyridine rings is 1. The lowest BCUT2D eigenvalue weighted by atomic mass is 9.94. The van der Waals surface area contributed by atoms with Gasteiger partial charge in [-0.05, 0) is 50.3 Å². The van der Waals surface area contributed by atoms with Gasteiger partial charge in [0.25, 0.3) is 0 Å². The summed E-state index contributed by atoms with van der Waals surface area (Å²) in [5, 5.41) is 3.57. The summed E-state index contributed by atoms with van der Waals surface area (Å²) in [6, 6.07) is 5.02. The average Bonchev–Trinajstić information content (AvgIpc) is 2.74. The van der Waals surface area contributed by atoms with E-state index >= 15 is 0 Å². The van der Waals surface area contributed by atoms with Gasteiger partial charge in [-0.25, -0.2) is 0 Å². The second kappa shape index (κ2) is 4.75. The highest BCUT2D eigenvalue weighted by atomic mass is 14.9. The predicted octanol–water partition coefficient (Wildman–Crippen LogP) is 2.32. The number of aryl methyl sites for hydroxylation is 1. The lowest BCUT2D eigenvalue weighted by Gasteiger charge is -2.19. The van der Waals surface area contributed by atoms with E-state index in [4.69, 9.17) is 0 Å². The zero-order chi connectivity index (χ0) is 10.7. The van der Waals surface area contributed by atoms with Crippen LogP contribution in [0.15, 0.2) is 18.3 Å². The Morgan fingerprint density at radius 2 is 2.40 bits per heavy atom. The fourth-order valence-corrected chi connectivity index (χ4v) is 2.33. The zero-order valence-electron chi connectivity index (χ0n) is 9.66. The van der Waals surface area contributed by atoms with Crippen LogP contribution in [-0.4, -0.2) is 17.6 Å². The highest BCUT2D eigenvalue weighted by molar-refractivity contribution is 5.14. The largest absolute Gasteiger partial charge is 0.314 e. The minimum atomic E-state index is 0.714. The van der Waals surface area contributed by atoms with Crippen molar-refractivity contribution in [3.05, 3.63) is 29.6 Å². The van der Waals surface area contributed by atoms with Crippen molar-refractivity contribution >= 4 is 0 Å². The molecule has 2 heteroatoms. The molecule has 1 aliphatic heterocycles. The van der Waals surface area contributed by atoms with E-state index in [-0.39, 0.29) is 0 Å². The van der Waals surface area contributed by atoms with Crippen LogP contribution in [0.1, 0.15) is 31.0 Å². The lowest BCUT2D eigenvalue weighted by molar-refractivity contribution is 0.417. The molecule has 0 bridgehead atoms. The summed E-state index contributed by atoms with van der Waals surface area (Å²) < 4.78 is 0. The smallest absolute Gasteiger partial charge is 0.0372 e. The van der Waals surface area contributed by atoms with Crippen molar-refractivity contribution in [2.75, 3.05) is 6.54 Å². The van der Waals surface area contributed by atoms with Crippen LogP contribution in [-0.2, 0) is 6.42 Å². The molecular weight excluding hydrogens is 184 g/mol. The first-order chi connectivity index (χ1) is 7.25. The molecule has 1 saturated heterocycles. The first-order valence-electron chi connectivity index (χ1n) is 5.90. The van der Waals surface area contributed by atoms with Gasteiger partial charge in [0, 0.05) is 17.9 Å². The van der Waals surface area contributed by atoms with Crippen molar-refractivity contribution in [3.8, 4) is 0 Å². The Labute approximate surface area is 92.1 Å². The maximum absolute atomic E-state index is 4.34. The number of aromatic nitrogens is 1. The van der Waals surface area contributed by atoms with Gasteiger partial charge in [0.05, 0.1) is 0 Å². The molecule has 0 saturated carbocycles. The normalized spacial score (nSPS) is 22.9. The Hall–Kier alpha value is -0.890. The van der Waals surface area contributed by atoms with Crippen LogP contribution in [0.25, 0.3) is 0 Å². The van der Waals surface area contributed by atoms with Crippen molar-refractivity contribution in [2.45, 2.75) is 39.2 Å². The van der Waals surface area contributed by atoms with E-state index in [1.807, 2.05) is 13.1 Å². The third-order valence-electron chi connectivity index (χ3n) is 3.32. The third kappa shape index (κ3) is 2.78. The van der Waals surface area contributed by atoms with Crippen LogP contribution < -0.4 is 5.32 Å². The minimum absolute atomic E-state index is 0.714. The minimum Gasteiger partial charge on any atom is -0.314 e. The van der Waals surface area contributed by atoms with E-state index in [1.165, 1.54) is 24.9 Å². The predicted molar refractivity (Wildman–Crippen MR) is 62.9 cm³/mol. The molecule has 2 heterocycles. The Balaban J connectivity index is 1.92. The van der Waals surface area contributed by atoms with Crippen LogP contribution >= 0.6 is 0 Å². The molecular formula is C13H20N2. The van der Waals surface area contributed by atoms with Gasteiger partial charge in [0.15, 0.2) is 0 Å². The maximum Gasteiger partial charge on any atom is 0.0372 e. The van der Waals surface area contributed by atoms with Crippen LogP contribution in [0.5, 0.6) is 0 Å². The first kappa shape index (κ1) is 10.6. The first-order valence-corrected chi connectivity index (χ1v) is 5.90. The molecule has 0 amide bonds. The van der Waals surface area contributed by atoms with Gasteiger partial charge in [-0.3, -0.25) is 4.98 Å². The van der Waals surface area contributed by atoms with Crippen molar-refractivity contribution in [1.82, 2.24) is 10.3 Å². The SMILES string of the molecule is Cc1ccc(CC(C)C2CCCN2)cn1. The number of hydrogen-bond acceptors (Lipinski definition) is 2. The van der Waals surface area contributed by atoms with Crippen molar-refractivity contribution < 1.29 is 0 Å². The van der Waals surface area contributed by atoms with Crippen LogP contribution in [0.4, 0.5) is 0 Å². The zero-order valence-corrected chi connectivity index (χ0v) is 9.66. The fraction of sp³-hybridized carbons (Fsp3) is 0.615. The standard InChI is InChI=1S/C13H20N2/c1-10(13-4-3-7-14-13)8-12-6-5-11(2)15-9-12/h5-6,9-10,13-14H,3-4,7-8H2,1-2H3. The molecule has 2 rings (SSSR count). The van der Waals surface area contributed by atoms with E-state index in [1.54, 1.807) is 0 Å². The van der Waals surface area contributed by atoms with E-state index in [2.05, 4.69) is 29.4 Å². The van der Waals surface area contributed by atoms with Crippen LogP contribution in [0.3, 0.4) is 0 Å². The van der Waals surface area contributed by atoms with Crippen molar-refractivity contribution in [3.63, 3.8) is 0 Å². The molecule has 0 aliphatic carbocycles. The topological polar surface area (TPSA) is 24.9 Å². The van der Waals surface area contributed by atoms with Gasteiger partial charge in [-0.1, -0.05) is 13.0 Å². The molecule has 2 nitrogen and oxygen atoms in total. The summed E-state index contributed by atoms with van der Waals surface area (Å²) in [6.07, 6.45) is 5.83. The van der Waals surface area contributed by atoms with Crippen molar-refractivity contribution in [1.29, 1.82) is 0 Å². The maximum atomic E-state index is 4.34. The Kier molecular flexibility index (Phi) is 3.37. The fourth-order valence-electron chi connectivity index (χ4n) is 2.33. The summed E-state index contributed by atoms with van der Waals surface area (Å²) in [5.41, 5.74) is 2.46. The van der Waals surface area contributed by atoms with Gasteiger partial charge < -0.3 is 5.32 Å². The summed E-state index contributed by atoms with van der Waals surface area (Å²) in [7, 11) is 0. The third-order valence-corrected chi connectivity index (χ3v) is 3.32. The average molecular weight is 204 g/mol. The highest BCUT2D eigenvalue weighted by Gasteiger charge is 2.20. The van der Waals surface area contributed by atoms with Gasteiger partial charge in [0.2, 0.25) is 0 Å². The summed E-state index contributed by atoms with van der Waals surface area (Å²) >= 11 is 0. The number of hydrogen-bond donors (Lipinski definition) is 1. The molecule has 0 radical (unpaired) electrons. The second-order valence-electron chi connectivity index (χ2n) is 4.69. The van der Waals surface area contributed by atoms with E-state index in [0.717, 1.165) is 18.0 Å². The number of rotatable bonds is 3. The number of nitrogens with zero attached hydrogens (tertiary/aromatic N) is 1. The van der Waals surface area contributed by atoms with Gasteiger partial charge >= 0.3 is 0 Å². The van der Waals surface area contributed by atoms with E-state index in [9.17, 15) is 0 Å².